The van der Waals surface area contributed by atoms with Gasteiger partial charge in [0, 0.05) is 16.9 Å². The van der Waals surface area contributed by atoms with Crippen LogP contribution >= 0.6 is 11.8 Å². The normalized spacial score (nSPS) is 28.5. The number of aryl methyl sites for hydroxylation is 2. The lowest BCUT2D eigenvalue weighted by atomic mass is 10.0. The SMILES string of the molecule is CCc1cccc(CC)c1N1C(=NC(=O)C2CC2)SC2CS(=O)(=O)CC21. The van der Waals surface area contributed by atoms with E-state index in [1.54, 1.807) is 0 Å². The monoisotopic (exact) mass is 392 g/mol. The minimum Gasteiger partial charge on any atom is -0.315 e. The molecule has 7 heteroatoms. The fourth-order valence-electron chi connectivity index (χ4n) is 3.87. The zero-order valence-corrected chi connectivity index (χ0v) is 16.8. The average Bonchev–Trinajstić information content (AvgIpc) is 3.35. The summed E-state index contributed by atoms with van der Waals surface area (Å²) < 4.78 is 24.5. The Labute approximate surface area is 159 Å². The summed E-state index contributed by atoms with van der Waals surface area (Å²) in [5.74, 6) is 0.335. The number of amides is 1. The summed E-state index contributed by atoms with van der Waals surface area (Å²) in [4.78, 5) is 18.9. The molecule has 1 saturated carbocycles. The molecule has 2 atom stereocenters. The van der Waals surface area contributed by atoms with Gasteiger partial charge in [-0.25, -0.2) is 8.42 Å². The van der Waals surface area contributed by atoms with Gasteiger partial charge in [0.05, 0.1) is 17.5 Å². The Bertz CT molecular complexity index is 853. The number of rotatable bonds is 4. The predicted molar refractivity (Wildman–Crippen MR) is 107 cm³/mol. The van der Waals surface area contributed by atoms with Gasteiger partial charge in [-0.2, -0.15) is 4.99 Å². The molecule has 4 rings (SSSR count). The van der Waals surface area contributed by atoms with Gasteiger partial charge in [0.2, 0.25) is 0 Å². The first-order valence-electron chi connectivity index (χ1n) is 9.33. The molecule has 26 heavy (non-hydrogen) atoms. The highest BCUT2D eigenvalue weighted by Gasteiger charge is 2.50. The quantitative estimate of drug-likeness (QED) is 0.788. The van der Waals surface area contributed by atoms with Gasteiger partial charge in [-0.3, -0.25) is 4.79 Å². The minimum atomic E-state index is -3.04. The number of nitrogens with zero attached hydrogens (tertiary/aromatic N) is 2. The topological polar surface area (TPSA) is 66.8 Å². The van der Waals surface area contributed by atoms with Crippen molar-refractivity contribution in [2.45, 2.75) is 50.8 Å². The summed E-state index contributed by atoms with van der Waals surface area (Å²) in [7, 11) is -3.04. The van der Waals surface area contributed by atoms with E-state index < -0.39 is 9.84 Å². The molecule has 0 aromatic heterocycles. The van der Waals surface area contributed by atoms with Crippen LogP contribution in [0.2, 0.25) is 0 Å². The summed E-state index contributed by atoms with van der Waals surface area (Å²) in [6, 6.07) is 6.11. The number of hydrogen-bond acceptors (Lipinski definition) is 4. The fourth-order valence-corrected chi connectivity index (χ4v) is 7.77. The van der Waals surface area contributed by atoms with Gasteiger partial charge in [0.25, 0.3) is 5.91 Å². The zero-order valence-electron chi connectivity index (χ0n) is 15.1. The smallest absolute Gasteiger partial charge is 0.251 e. The highest BCUT2D eigenvalue weighted by Crippen LogP contribution is 2.44. The zero-order chi connectivity index (χ0) is 18.5. The number of aliphatic imine (C=N–C) groups is 1. The molecule has 2 aliphatic heterocycles. The molecular weight excluding hydrogens is 368 g/mol. The molecule has 1 amide bonds. The van der Waals surface area contributed by atoms with E-state index in [1.165, 1.54) is 22.9 Å². The third-order valence-corrected chi connectivity index (χ3v) is 8.61. The number of benzene rings is 1. The molecular formula is C19H24N2O3S2. The summed E-state index contributed by atoms with van der Waals surface area (Å²) in [6.45, 7) is 4.22. The maximum absolute atomic E-state index is 12.3. The van der Waals surface area contributed by atoms with E-state index in [2.05, 4.69) is 41.9 Å². The van der Waals surface area contributed by atoms with E-state index >= 15 is 0 Å². The molecule has 3 fully saturated rings. The molecule has 2 unspecified atom stereocenters. The first-order chi connectivity index (χ1) is 12.4. The lowest BCUT2D eigenvalue weighted by Gasteiger charge is -2.29. The van der Waals surface area contributed by atoms with E-state index in [9.17, 15) is 13.2 Å². The summed E-state index contributed by atoms with van der Waals surface area (Å²) in [5, 5.41) is 0.655. The van der Waals surface area contributed by atoms with Crippen molar-refractivity contribution >= 4 is 38.4 Å². The van der Waals surface area contributed by atoms with Crippen LogP contribution in [0.4, 0.5) is 5.69 Å². The van der Waals surface area contributed by atoms with E-state index in [0.717, 1.165) is 31.4 Å². The largest absolute Gasteiger partial charge is 0.315 e. The number of sulfone groups is 1. The van der Waals surface area contributed by atoms with Crippen molar-refractivity contribution < 1.29 is 13.2 Å². The van der Waals surface area contributed by atoms with E-state index in [4.69, 9.17) is 0 Å². The van der Waals surface area contributed by atoms with Crippen LogP contribution in [0.25, 0.3) is 0 Å². The Kier molecular flexibility index (Phi) is 4.63. The molecule has 0 spiro atoms. The van der Waals surface area contributed by atoms with Crippen molar-refractivity contribution in [1.29, 1.82) is 0 Å². The van der Waals surface area contributed by atoms with Crippen molar-refractivity contribution in [2.75, 3.05) is 16.4 Å². The number of carbonyl (C=O) groups excluding carboxylic acids is 1. The number of anilines is 1. The van der Waals surface area contributed by atoms with Gasteiger partial charge in [-0.1, -0.05) is 43.8 Å². The molecule has 1 aromatic carbocycles. The minimum absolute atomic E-state index is 0.0413. The summed E-state index contributed by atoms with van der Waals surface area (Å²) in [5.41, 5.74) is 3.43. The number of carbonyl (C=O) groups is 1. The van der Waals surface area contributed by atoms with Crippen LogP contribution < -0.4 is 4.90 Å². The van der Waals surface area contributed by atoms with Crippen molar-refractivity contribution in [3.63, 3.8) is 0 Å². The molecule has 0 radical (unpaired) electrons. The summed E-state index contributed by atoms with van der Waals surface area (Å²) >= 11 is 1.47. The van der Waals surface area contributed by atoms with Crippen LogP contribution in [-0.4, -0.2) is 42.3 Å². The standard InChI is InChI=1S/C19H24N2O3S2/c1-3-12-6-5-7-13(4-2)17(12)21-15-10-26(23,24)11-16(15)25-19(21)20-18(22)14-8-9-14/h5-7,14-16H,3-4,8-11H2,1-2H3. The number of amidine groups is 1. The Morgan fingerprint density at radius 3 is 2.42 bits per heavy atom. The van der Waals surface area contributed by atoms with Gasteiger partial charge < -0.3 is 4.90 Å². The van der Waals surface area contributed by atoms with Crippen molar-refractivity contribution in [3.8, 4) is 0 Å². The number of fused-ring (bicyclic) bond motifs is 1. The van der Waals surface area contributed by atoms with Crippen LogP contribution in [-0.2, 0) is 27.5 Å². The van der Waals surface area contributed by atoms with Crippen LogP contribution in [0.3, 0.4) is 0 Å². The van der Waals surface area contributed by atoms with Crippen LogP contribution in [0.1, 0.15) is 37.8 Å². The van der Waals surface area contributed by atoms with Gasteiger partial charge in [0.15, 0.2) is 15.0 Å². The first kappa shape index (κ1) is 18.0. The Morgan fingerprint density at radius 1 is 1.19 bits per heavy atom. The highest BCUT2D eigenvalue weighted by molar-refractivity contribution is 8.16. The number of thioether (sulfide) groups is 1. The first-order valence-corrected chi connectivity index (χ1v) is 12.0. The molecule has 2 heterocycles. The van der Waals surface area contributed by atoms with Crippen molar-refractivity contribution in [2.24, 2.45) is 10.9 Å². The number of hydrogen-bond donors (Lipinski definition) is 0. The van der Waals surface area contributed by atoms with Crippen LogP contribution in [0.5, 0.6) is 0 Å². The second-order valence-corrected chi connectivity index (χ2v) is 10.7. The van der Waals surface area contributed by atoms with Crippen molar-refractivity contribution in [1.82, 2.24) is 0 Å². The van der Waals surface area contributed by atoms with Gasteiger partial charge in [0.1, 0.15) is 0 Å². The van der Waals surface area contributed by atoms with E-state index in [-0.39, 0.29) is 34.6 Å². The third kappa shape index (κ3) is 3.20. The van der Waals surface area contributed by atoms with Gasteiger partial charge in [-0.15, -0.1) is 0 Å². The fraction of sp³-hybridized carbons (Fsp3) is 0.579. The Hall–Kier alpha value is -1.34. The Morgan fingerprint density at radius 2 is 1.85 bits per heavy atom. The highest BCUT2D eigenvalue weighted by atomic mass is 32.2. The molecule has 1 aliphatic carbocycles. The van der Waals surface area contributed by atoms with Gasteiger partial charge >= 0.3 is 0 Å². The molecule has 0 bridgehead atoms. The van der Waals surface area contributed by atoms with Crippen LogP contribution in [0, 0.1) is 5.92 Å². The maximum Gasteiger partial charge on any atom is 0.251 e. The second-order valence-electron chi connectivity index (χ2n) is 7.31. The third-order valence-electron chi connectivity index (χ3n) is 5.40. The van der Waals surface area contributed by atoms with Crippen LogP contribution in [0.15, 0.2) is 23.2 Å². The molecule has 2 saturated heterocycles. The molecule has 0 N–H and O–H groups in total. The molecule has 140 valence electrons. The average molecular weight is 393 g/mol. The Balaban J connectivity index is 1.82. The molecule has 1 aromatic rings. The summed E-state index contributed by atoms with van der Waals surface area (Å²) in [6.07, 6.45) is 3.57. The molecule has 3 aliphatic rings. The lowest BCUT2D eigenvalue weighted by molar-refractivity contribution is -0.118. The second kappa shape index (κ2) is 6.68. The number of para-hydroxylation sites is 1. The van der Waals surface area contributed by atoms with Crippen molar-refractivity contribution in [3.05, 3.63) is 29.3 Å². The molecule has 5 nitrogen and oxygen atoms in total. The van der Waals surface area contributed by atoms with Gasteiger partial charge in [-0.05, 0) is 36.8 Å². The van der Waals surface area contributed by atoms with E-state index in [0.29, 0.717) is 5.17 Å². The maximum atomic E-state index is 12.3. The van der Waals surface area contributed by atoms with E-state index in [1.807, 2.05) is 0 Å². The predicted octanol–water partition coefficient (Wildman–Crippen LogP) is 2.82. The lowest BCUT2D eigenvalue weighted by Crippen LogP contribution is -2.39.